The van der Waals surface area contributed by atoms with E-state index in [1.54, 1.807) is 37.3 Å². The molecule has 0 bridgehead atoms. The molecule has 2 aromatic rings. The molecular weight excluding hydrogens is 370 g/mol. The number of ketones is 1. The van der Waals surface area contributed by atoms with Crippen molar-refractivity contribution in [2.75, 3.05) is 12.0 Å². The lowest BCUT2D eigenvalue weighted by atomic mass is 9.94. The topological polar surface area (TPSA) is 87.1 Å². The standard InChI is InChI=1S/C20H18ClNO5/c1-3-14(23)17-18(11-7-8-16(27-2)15(24)9-11)22(20(26)19(17)25)13-6-4-5-12(21)10-13/h4-10,18,24-25H,3H2,1-2H3. The monoisotopic (exact) mass is 387 g/mol. The summed E-state index contributed by atoms with van der Waals surface area (Å²) >= 11 is 6.05. The van der Waals surface area contributed by atoms with Gasteiger partial charge in [0.15, 0.2) is 23.0 Å². The van der Waals surface area contributed by atoms with Crippen LogP contribution in [-0.4, -0.2) is 29.0 Å². The number of benzene rings is 2. The Morgan fingerprint density at radius 1 is 1.22 bits per heavy atom. The van der Waals surface area contributed by atoms with Crippen molar-refractivity contribution < 1.29 is 24.5 Å². The number of anilines is 1. The third kappa shape index (κ3) is 3.24. The van der Waals surface area contributed by atoms with Crippen LogP contribution in [0.4, 0.5) is 5.69 Å². The number of rotatable bonds is 5. The maximum atomic E-state index is 12.8. The Hall–Kier alpha value is -2.99. The van der Waals surface area contributed by atoms with Gasteiger partial charge < -0.3 is 14.9 Å². The molecule has 27 heavy (non-hydrogen) atoms. The van der Waals surface area contributed by atoms with Crippen molar-refractivity contribution in [1.82, 2.24) is 0 Å². The van der Waals surface area contributed by atoms with Gasteiger partial charge in [0.2, 0.25) is 0 Å². The SMILES string of the molecule is CCC(=O)C1=C(O)C(=O)N(c2cccc(Cl)c2)C1c1ccc(OC)c(O)c1. The van der Waals surface area contributed by atoms with E-state index >= 15 is 0 Å². The summed E-state index contributed by atoms with van der Waals surface area (Å²) in [5.74, 6) is -1.53. The number of halogens is 1. The van der Waals surface area contributed by atoms with E-state index in [1.165, 1.54) is 24.1 Å². The van der Waals surface area contributed by atoms with E-state index in [2.05, 4.69) is 0 Å². The highest BCUT2D eigenvalue weighted by molar-refractivity contribution is 6.31. The predicted octanol–water partition coefficient (Wildman–Crippen LogP) is 3.93. The van der Waals surface area contributed by atoms with Crippen LogP contribution in [-0.2, 0) is 9.59 Å². The normalized spacial score (nSPS) is 16.8. The van der Waals surface area contributed by atoms with Gasteiger partial charge >= 0.3 is 0 Å². The lowest BCUT2D eigenvalue weighted by Gasteiger charge is -2.27. The average molecular weight is 388 g/mol. The lowest BCUT2D eigenvalue weighted by Crippen LogP contribution is -2.31. The van der Waals surface area contributed by atoms with Crippen LogP contribution in [0.3, 0.4) is 0 Å². The number of amides is 1. The van der Waals surface area contributed by atoms with Crippen molar-refractivity contribution >= 4 is 29.0 Å². The first-order valence-corrected chi connectivity index (χ1v) is 8.69. The third-order valence-corrected chi connectivity index (χ3v) is 4.67. The summed E-state index contributed by atoms with van der Waals surface area (Å²) < 4.78 is 5.05. The quantitative estimate of drug-likeness (QED) is 0.811. The summed E-state index contributed by atoms with van der Waals surface area (Å²) in [4.78, 5) is 26.6. The van der Waals surface area contributed by atoms with Gasteiger partial charge in [-0.15, -0.1) is 0 Å². The number of carbonyl (C=O) groups excluding carboxylic acids is 2. The van der Waals surface area contributed by atoms with Crippen LogP contribution >= 0.6 is 11.6 Å². The Morgan fingerprint density at radius 3 is 2.56 bits per heavy atom. The van der Waals surface area contributed by atoms with E-state index in [1.807, 2.05) is 0 Å². The number of aromatic hydroxyl groups is 1. The minimum absolute atomic E-state index is 0.00737. The molecule has 3 rings (SSSR count). The summed E-state index contributed by atoms with van der Waals surface area (Å²) in [7, 11) is 1.42. The number of phenolic OH excluding ortho intramolecular Hbond substituents is 1. The largest absolute Gasteiger partial charge is 0.504 e. The lowest BCUT2D eigenvalue weighted by molar-refractivity contribution is -0.118. The van der Waals surface area contributed by atoms with Gasteiger partial charge in [-0.3, -0.25) is 14.5 Å². The average Bonchev–Trinajstić information content (AvgIpc) is 2.92. The molecule has 1 aliphatic rings. The number of aliphatic hydroxyl groups is 1. The first kappa shape index (κ1) is 18.8. The van der Waals surface area contributed by atoms with Gasteiger partial charge in [-0.1, -0.05) is 30.7 Å². The van der Waals surface area contributed by atoms with Crippen LogP contribution in [0.5, 0.6) is 11.5 Å². The summed E-state index contributed by atoms with van der Waals surface area (Å²) in [6.45, 7) is 1.65. The summed E-state index contributed by atoms with van der Waals surface area (Å²) in [5, 5.41) is 21.0. The molecule has 1 amide bonds. The predicted molar refractivity (Wildman–Crippen MR) is 101 cm³/mol. The van der Waals surface area contributed by atoms with Crippen LogP contribution in [0.2, 0.25) is 5.02 Å². The Bertz CT molecular complexity index is 953. The molecule has 140 valence electrons. The van der Waals surface area contributed by atoms with Gasteiger partial charge in [-0.25, -0.2) is 0 Å². The van der Waals surface area contributed by atoms with Gasteiger partial charge in [-0.2, -0.15) is 0 Å². The molecule has 0 fully saturated rings. The van der Waals surface area contributed by atoms with Crippen molar-refractivity contribution in [2.24, 2.45) is 0 Å². The smallest absolute Gasteiger partial charge is 0.294 e. The molecule has 2 aromatic carbocycles. The summed E-state index contributed by atoms with van der Waals surface area (Å²) in [6.07, 6.45) is 0.120. The number of methoxy groups -OCH3 is 1. The number of carbonyl (C=O) groups is 2. The van der Waals surface area contributed by atoms with E-state index in [4.69, 9.17) is 16.3 Å². The number of phenols is 1. The van der Waals surface area contributed by atoms with Gasteiger partial charge in [-0.05, 0) is 35.9 Å². The number of hydrogen-bond acceptors (Lipinski definition) is 5. The van der Waals surface area contributed by atoms with Crippen LogP contribution in [0.25, 0.3) is 0 Å². The molecule has 0 saturated carbocycles. The number of Topliss-reactive ketones (excluding diaryl/α,β-unsaturated/α-hetero) is 1. The van der Waals surface area contributed by atoms with Crippen molar-refractivity contribution in [3.63, 3.8) is 0 Å². The highest BCUT2D eigenvalue weighted by Gasteiger charge is 2.44. The summed E-state index contributed by atoms with van der Waals surface area (Å²) in [5.41, 5.74) is 0.882. The van der Waals surface area contributed by atoms with Gasteiger partial charge in [0.25, 0.3) is 5.91 Å². The fourth-order valence-electron chi connectivity index (χ4n) is 3.17. The molecule has 1 atom stereocenters. The van der Waals surface area contributed by atoms with Crippen molar-refractivity contribution in [1.29, 1.82) is 0 Å². The molecule has 6 nitrogen and oxygen atoms in total. The van der Waals surface area contributed by atoms with Crippen molar-refractivity contribution in [3.8, 4) is 11.5 Å². The Kier molecular flexibility index (Phi) is 5.10. The fraction of sp³-hybridized carbons (Fsp3) is 0.200. The number of ether oxygens (including phenoxy) is 1. The summed E-state index contributed by atoms with van der Waals surface area (Å²) in [6, 6.07) is 10.3. The number of hydrogen-bond donors (Lipinski definition) is 2. The second-order valence-corrected chi connectivity index (χ2v) is 6.46. The molecular formula is C20H18ClNO5. The fourth-order valence-corrected chi connectivity index (χ4v) is 3.35. The second-order valence-electron chi connectivity index (χ2n) is 6.03. The maximum Gasteiger partial charge on any atom is 0.294 e. The molecule has 1 heterocycles. The molecule has 2 N–H and O–H groups in total. The van der Waals surface area contributed by atoms with Gasteiger partial charge in [0.1, 0.15) is 0 Å². The number of nitrogens with zero attached hydrogens (tertiary/aromatic N) is 1. The molecule has 0 aliphatic carbocycles. The van der Waals surface area contributed by atoms with Gasteiger partial charge in [0.05, 0.1) is 18.7 Å². The molecule has 7 heteroatoms. The highest BCUT2D eigenvalue weighted by atomic mass is 35.5. The van der Waals surface area contributed by atoms with Crippen molar-refractivity contribution in [2.45, 2.75) is 19.4 Å². The van der Waals surface area contributed by atoms with E-state index in [9.17, 15) is 19.8 Å². The van der Waals surface area contributed by atoms with Crippen LogP contribution in [0.1, 0.15) is 24.9 Å². The minimum atomic E-state index is -0.889. The van der Waals surface area contributed by atoms with Gasteiger partial charge in [0, 0.05) is 17.1 Å². The van der Waals surface area contributed by atoms with E-state index < -0.39 is 17.7 Å². The Labute approximate surface area is 161 Å². The Balaban J connectivity index is 2.20. The van der Waals surface area contributed by atoms with E-state index in [-0.39, 0.29) is 29.3 Å². The molecule has 0 radical (unpaired) electrons. The minimum Gasteiger partial charge on any atom is -0.504 e. The van der Waals surface area contributed by atoms with Crippen molar-refractivity contribution in [3.05, 3.63) is 64.4 Å². The maximum absolute atomic E-state index is 12.8. The first-order chi connectivity index (χ1) is 12.9. The highest BCUT2D eigenvalue weighted by Crippen LogP contribution is 2.43. The van der Waals surface area contributed by atoms with Crippen LogP contribution in [0, 0.1) is 0 Å². The van der Waals surface area contributed by atoms with E-state index in [0.29, 0.717) is 16.3 Å². The first-order valence-electron chi connectivity index (χ1n) is 8.31. The van der Waals surface area contributed by atoms with Crippen LogP contribution < -0.4 is 9.64 Å². The molecule has 0 saturated heterocycles. The molecule has 0 spiro atoms. The molecule has 1 aliphatic heterocycles. The van der Waals surface area contributed by atoms with E-state index in [0.717, 1.165) is 0 Å². The second kappa shape index (κ2) is 7.32. The third-order valence-electron chi connectivity index (χ3n) is 4.43. The molecule has 0 aromatic heterocycles. The zero-order valence-corrected chi connectivity index (χ0v) is 15.5. The van der Waals surface area contributed by atoms with Crippen LogP contribution in [0.15, 0.2) is 53.8 Å². The zero-order chi connectivity index (χ0) is 19.7. The number of aliphatic hydroxyl groups excluding tert-OH is 1. The Morgan fingerprint density at radius 2 is 1.96 bits per heavy atom. The molecule has 1 unspecified atom stereocenters. The zero-order valence-electron chi connectivity index (χ0n) is 14.8.